The van der Waals surface area contributed by atoms with Crippen LogP contribution in [-0.4, -0.2) is 13.0 Å². The molecule has 20 heavy (non-hydrogen) atoms. The number of nitrogens with two attached hydrogens (primary N) is 1. The molecule has 0 saturated heterocycles. The first-order chi connectivity index (χ1) is 9.67. The van der Waals surface area contributed by atoms with Crippen molar-refractivity contribution in [3.05, 3.63) is 59.2 Å². The van der Waals surface area contributed by atoms with Gasteiger partial charge >= 0.3 is 0 Å². The van der Waals surface area contributed by atoms with Gasteiger partial charge in [-0.2, -0.15) is 0 Å². The lowest BCUT2D eigenvalue weighted by Gasteiger charge is -2.14. The molecule has 1 heterocycles. The molecule has 1 amide bonds. The Morgan fingerprint density at radius 1 is 1.15 bits per heavy atom. The first-order valence-corrected chi connectivity index (χ1v) is 6.49. The molecule has 0 spiro atoms. The SMILES string of the molecule is COc1ccc(C(N)c2ccc3c(c2)CC(=O)N3)cc1. The maximum absolute atomic E-state index is 11.4. The van der Waals surface area contributed by atoms with Crippen LogP contribution in [0.1, 0.15) is 22.7 Å². The van der Waals surface area contributed by atoms with Crippen LogP contribution in [0.2, 0.25) is 0 Å². The van der Waals surface area contributed by atoms with Gasteiger partial charge in [-0.25, -0.2) is 0 Å². The van der Waals surface area contributed by atoms with Crippen molar-refractivity contribution in [1.29, 1.82) is 0 Å². The van der Waals surface area contributed by atoms with Crippen LogP contribution in [0.3, 0.4) is 0 Å². The Morgan fingerprint density at radius 3 is 2.55 bits per heavy atom. The number of hydrogen-bond donors (Lipinski definition) is 2. The smallest absolute Gasteiger partial charge is 0.228 e. The minimum atomic E-state index is -0.207. The van der Waals surface area contributed by atoms with E-state index in [9.17, 15) is 4.79 Å². The van der Waals surface area contributed by atoms with Crippen LogP contribution in [0.25, 0.3) is 0 Å². The summed E-state index contributed by atoms with van der Waals surface area (Å²) in [5.41, 5.74) is 10.2. The fourth-order valence-electron chi connectivity index (χ4n) is 2.45. The van der Waals surface area contributed by atoms with Gasteiger partial charge in [0.2, 0.25) is 5.91 Å². The van der Waals surface area contributed by atoms with Gasteiger partial charge in [0.25, 0.3) is 0 Å². The molecule has 0 aliphatic carbocycles. The summed E-state index contributed by atoms with van der Waals surface area (Å²) >= 11 is 0. The molecule has 4 nitrogen and oxygen atoms in total. The zero-order valence-electron chi connectivity index (χ0n) is 11.2. The molecule has 0 bridgehead atoms. The van der Waals surface area contributed by atoms with Gasteiger partial charge in [0.05, 0.1) is 19.6 Å². The van der Waals surface area contributed by atoms with Crippen molar-refractivity contribution in [2.24, 2.45) is 5.73 Å². The minimum Gasteiger partial charge on any atom is -0.497 e. The molecular weight excluding hydrogens is 252 g/mol. The number of amides is 1. The minimum absolute atomic E-state index is 0.0372. The van der Waals surface area contributed by atoms with E-state index in [1.807, 2.05) is 42.5 Å². The van der Waals surface area contributed by atoms with Gasteiger partial charge in [0.1, 0.15) is 5.75 Å². The molecule has 1 unspecified atom stereocenters. The van der Waals surface area contributed by atoms with Crippen LogP contribution in [-0.2, 0) is 11.2 Å². The summed E-state index contributed by atoms with van der Waals surface area (Å²) < 4.78 is 5.14. The molecular formula is C16H16N2O2. The van der Waals surface area contributed by atoms with Gasteiger partial charge < -0.3 is 15.8 Å². The largest absolute Gasteiger partial charge is 0.497 e. The highest BCUT2D eigenvalue weighted by Gasteiger charge is 2.19. The molecule has 1 atom stereocenters. The van der Waals surface area contributed by atoms with E-state index < -0.39 is 0 Å². The van der Waals surface area contributed by atoms with Gasteiger partial charge in [-0.3, -0.25) is 4.79 Å². The molecule has 0 fully saturated rings. The predicted molar refractivity (Wildman–Crippen MR) is 77.8 cm³/mol. The maximum atomic E-state index is 11.4. The van der Waals surface area contributed by atoms with Crippen molar-refractivity contribution in [2.45, 2.75) is 12.5 Å². The van der Waals surface area contributed by atoms with Crippen LogP contribution in [0, 0.1) is 0 Å². The van der Waals surface area contributed by atoms with Crippen LogP contribution < -0.4 is 15.8 Å². The van der Waals surface area contributed by atoms with Gasteiger partial charge in [0, 0.05) is 5.69 Å². The van der Waals surface area contributed by atoms with Crippen LogP contribution in [0.15, 0.2) is 42.5 Å². The van der Waals surface area contributed by atoms with Gasteiger partial charge in [0.15, 0.2) is 0 Å². The number of fused-ring (bicyclic) bond motifs is 1. The molecule has 1 aliphatic rings. The zero-order chi connectivity index (χ0) is 14.1. The zero-order valence-corrected chi connectivity index (χ0v) is 11.2. The molecule has 2 aromatic rings. The monoisotopic (exact) mass is 268 g/mol. The average Bonchev–Trinajstić information content (AvgIpc) is 2.85. The molecule has 102 valence electrons. The molecule has 0 aromatic heterocycles. The second kappa shape index (κ2) is 4.98. The molecule has 3 rings (SSSR count). The summed E-state index contributed by atoms with van der Waals surface area (Å²) in [6.45, 7) is 0. The van der Waals surface area contributed by atoms with E-state index >= 15 is 0 Å². The van der Waals surface area contributed by atoms with E-state index in [0.29, 0.717) is 6.42 Å². The van der Waals surface area contributed by atoms with Crippen molar-refractivity contribution < 1.29 is 9.53 Å². The van der Waals surface area contributed by atoms with E-state index in [4.69, 9.17) is 10.5 Å². The van der Waals surface area contributed by atoms with E-state index in [2.05, 4.69) is 5.32 Å². The summed E-state index contributed by atoms with van der Waals surface area (Å²) in [6.07, 6.45) is 0.429. The summed E-state index contributed by atoms with van der Waals surface area (Å²) in [4.78, 5) is 11.4. The van der Waals surface area contributed by atoms with Gasteiger partial charge in [-0.05, 0) is 34.9 Å². The summed E-state index contributed by atoms with van der Waals surface area (Å²) in [5, 5.41) is 2.82. The first-order valence-electron chi connectivity index (χ1n) is 6.49. The van der Waals surface area contributed by atoms with Crippen molar-refractivity contribution >= 4 is 11.6 Å². The number of nitrogens with one attached hydrogen (secondary N) is 1. The molecule has 1 aliphatic heterocycles. The molecule has 4 heteroatoms. The van der Waals surface area contributed by atoms with Crippen LogP contribution in [0.5, 0.6) is 5.75 Å². The first kappa shape index (κ1) is 12.7. The van der Waals surface area contributed by atoms with Crippen LogP contribution >= 0.6 is 0 Å². The van der Waals surface area contributed by atoms with E-state index in [0.717, 1.165) is 28.1 Å². The Bertz CT molecular complexity index is 650. The Kier molecular flexibility index (Phi) is 3.16. The van der Waals surface area contributed by atoms with Crippen molar-refractivity contribution in [3.8, 4) is 5.75 Å². The van der Waals surface area contributed by atoms with Gasteiger partial charge in [-0.1, -0.05) is 24.3 Å². The third-order valence-electron chi connectivity index (χ3n) is 3.59. The number of rotatable bonds is 3. The second-order valence-corrected chi connectivity index (χ2v) is 4.89. The average molecular weight is 268 g/mol. The van der Waals surface area contributed by atoms with Crippen molar-refractivity contribution in [1.82, 2.24) is 0 Å². The standard InChI is InChI=1S/C16H16N2O2/c1-20-13-5-2-10(3-6-13)16(17)11-4-7-14-12(8-11)9-15(19)18-14/h2-8,16H,9,17H2,1H3,(H,18,19). The highest BCUT2D eigenvalue weighted by molar-refractivity contribution is 5.99. The summed E-state index contributed by atoms with van der Waals surface area (Å²) in [6, 6.07) is 13.4. The molecule has 0 saturated carbocycles. The van der Waals surface area contributed by atoms with E-state index in [-0.39, 0.29) is 11.9 Å². The highest BCUT2D eigenvalue weighted by atomic mass is 16.5. The lowest BCUT2D eigenvalue weighted by Crippen LogP contribution is -2.11. The fourth-order valence-corrected chi connectivity index (χ4v) is 2.45. The summed E-state index contributed by atoms with van der Waals surface area (Å²) in [5.74, 6) is 0.847. The highest BCUT2D eigenvalue weighted by Crippen LogP contribution is 2.28. The lowest BCUT2D eigenvalue weighted by atomic mass is 9.97. The lowest BCUT2D eigenvalue weighted by molar-refractivity contribution is -0.115. The Labute approximate surface area is 117 Å². The molecule has 0 radical (unpaired) electrons. The Morgan fingerprint density at radius 2 is 1.85 bits per heavy atom. The third-order valence-corrected chi connectivity index (χ3v) is 3.59. The van der Waals surface area contributed by atoms with E-state index in [1.165, 1.54) is 0 Å². The number of carbonyl (C=O) groups is 1. The maximum Gasteiger partial charge on any atom is 0.228 e. The van der Waals surface area contributed by atoms with Gasteiger partial charge in [-0.15, -0.1) is 0 Å². The Hall–Kier alpha value is -2.33. The van der Waals surface area contributed by atoms with Crippen molar-refractivity contribution in [3.63, 3.8) is 0 Å². The third kappa shape index (κ3) is 2.26. The van der Waals surface area contributed by atoms with E-state index in [1.54, 1.807) is 7.11 Å². The van der Waals surface area contributed by atoms with Crippen LogP contribution in [0.4, 0.5) is 5.69 Å². The topological polar surface area (TPSA) is 64.3 Å². The number of ether oxygens (including phenoxy) is 1. The number of anilines is 1. The normalized spacial score (nSPS) is 14.6. The quantitative estimate of drug-likeness (QED) is 0.897. The predicted octanol–water partition coefficient (Wildman–Crippen LogP) is 2.24. The number of carbonyl (C=O) groups excluding carboxylic acids is 1. The van der Waals surface area contributed by atoms with Crippen molar-refractivity contribution in [2.75, 3.05) is 12.4 Å². The summed E-state index contributed by atoms with van der Waals surface area (Å²) in [7, 11) is 1.64. The second-order valence-electron chi connectivity index (χ2n) is 4.89. The fraction of sp³-hybridized carbons (Fsp3) is 0.188. The molecule has 3 N–H and O–H groups in total. The number of hydrogen-bond acceptors (Lipinski definition) is 3. The number of benzene rings is 2. The number of methoxy groups -OCH3 is 1. The Balaban J connectivity index is 1.88. The molecule has 2 aromatic carbocycles.